The predicted molar refractivity (Wildman–Crippen MR) is 121 cm³/mol. The Morgan fingerprint density at radius 1 is 1.03 bits per heavy atom. The van der Waals surface area contributed by atoms with Gasteiger partial charge in [-0.2, -0.15) is 0 Å². The van der Waals surface area contributed by atoms with Crippen LogP contribution in [0.1, 0.15) is 0 Å². The zero-order valence-corrected chi connectivity index (χ0v) is 19.1. The summed E-state index contributed by atoms with van der Waals surface area (Å²) in [5.41, 5.74) is 0.164. The number of carbonyl (C=O) groups excluding carboxylic acids is 1. The minimum atomic E-state index is -4.85. The fourth-order valence-electron chi connectivity index (χ4n) is 2.95. The number of ether oxygens (including phenoxy) is 2. The van der Waals surface area contributed by atoms with Crippen LogP contribution >= 0.6 is 11.6 Å². The first-order valence-electron chi connectivity index (χ1n) is 9.56. The number of alkyl halides is 3. The van der Waals surface area contributed by atoms with Crippen molar-refractivity contribution >= 4 is 38.9 Å². The summed E-state index contributed by atoms with van der Waals surface area (Å²) < 4.78 is 73.7. The first-order chi connectivity index (χ1) is 16.0. The van der Waals surface area contributed by atoms with E-state index in [1.807, 2.05) is 0 Å². The lowest BCUT2D eigenvalue weighted by atomic mass is 10.3. The molecule has 0 atom stereocenters. The van der Waals surface area contributed by atoms with Gasteiger partial charge in [0.1, 0.15) is 18.0 Å². The standard InChI is InChI=1S/C22H18ClF3N2O5S/c1-32-20-12-7-15(23)13-19(20)28(34(30,31)18-5-3-2-4-6-18)14-21(29)27-16-8-10-17(11-9-16)33-22(24,25)26/h2-13H,14H2,1H3,(H,27,29). The van der Waals surface area contributed by atoms with Crippen LogP contribution in [-0.4, -0.2) is 34.3 Å². The molecule has 0 unspecified atom stereocenters. The Hall–Kier alpha value is -3.44. The molecule has 3 aromatic rings. The number of nitrogens with one attached hydrogen (secondary N) is 1. The molecule has 0 aliphatic heterocycles. The van der Waals surface area contributed by atoms with E-state index in [0.29, 0.717) is 0 Å². The molecule has 0 bridgehead atoms. The second-order valence-electron chi connectivity index (χ2n) is 6.76. The number of methoxy groups -OCH3 is 1. The Labute approximate surface area is 198 Å². The molecule has 0 saturated carbocycles. The summed E-state index contributed by atoms with van der Waals surface area (Å²) in [7, 11) is -2.89. The molecular weight excluding hydrogens is 497 g/mol. The summed E-state index contributed by atoms with van der Waals surface area (Å²) in [6.07, 6.45) is -4.85. The summed E-state index contributed by atoms with van der Waals surface area (Å²) in [5.74, 6) is -1.07. The van der Waals surface area contributed by atoms with Gasteiger partial charge in [0.2, 0.25) is 5.91 Å². The number of hydrogen-bond donors (Lipinski definition) is 1. The second kappa shape index (κ2) is 10.2. The van der Waals surface area contributed by atoms with E-state index in [2.05, 4.69) is 10.1 Å². The molecule has 1 amide bonds. The number of sulfonamides is 1. The molecule has 34 heavy (non-hydrogen) atoms. The minimum absolute atomic E-state index is 0.0305. The van der Waals surface area contributed by atoms with Crippen molar-refractivity contribution in [2.45, 2.75) is 11.3 Å². The number of benzene rings is 3. The van der Waals surface area contributed by atoms with Crippen LogP contribution in [0.4, 0.5) is 24.5 Å². The first-order valence-corrected chi connectivity index (χ1v) is 11.4. The molecule has 12 heteroatoms. The average Bonchev–Trinajstić information content (AvgIpc) is 2.78. The van der Waals surface area contributed by atoms with Crippen LogP contribution in [0.2, 0.25) is 5.02 Å². The van der Waals surface area contributed by atoms with Gasteiger partial charge in [-0.25, -0.2) is 8.42 Å². The summed E-state index contributed by atoms with van der Waals surface area (Å²) in [5, 5.41) is 2.66. The van der Waals surface area contributed by atoms with Crippen molar-refractivity contribution in [1.29, 1.82) is 0 Å². The molecule has 180 valence electrons. The number of anilines is 2. The number of halogens is 4. The van der Waals surface area contributed by atoms with Crippen LogP contribution in [0.3, 0.4) is 0 Å². The molecule has 0 spiro atoms. The third kappa shape index (κ3) is 6.33. The van der Waals surface area contributed by atoms with E-state index in [0.717, 1.165) is 16.4 Å². The summed E-state index contributed by atoms with van der Waals surface area (Å²) >= 11 is 6.07. The van der Waals surface area contributed by atoms with Gasteiger partial charge in [0.15, 0.2) is 0 Å². The van der Waals surface area contributed by atoms with Gasteiger partial charge in [-0.15, -0.1) is 13.2 Å². The number of hydrogen-bond acceptors (Lipinski definition) is 5. The van der Waals surface area contributed by atoms with Crippen LogP contribution in [-0.2, 0) is 14.8 Å². The highest BCUT2D eigenvalue weighted by Gasteiger charge is 2.31. The van der Waals surface area contributed by atoms with Crippen LogP contribution in [0, 0.1) is 0 Å². The number of amides is 1. The monoisotopic (exact) mass is 514 g/mol. The maximum Gasteiger partial charge on any atom is 0.573 e. The van der Waals surface area contributed by atoms with E-state index < -0.39 is 34.6 Å². The molecule has 0 heterocycles. The largest absolute Gasteiger partial charge is 0.573 e. The van der Waals surface area contributed by atoms with Crippen molar-refractivity contribution in [3.05, 3.63) is 77.8 Å². The van der Waals surface area contributed by atoms with Gasteiger partial charge in [0, 0.05) is 10.7 Å². The normalized spacial score (nSPS) is 11.6. The van der Waals surface area contributed by atoms with Gasteiger partial charge in [0.25, 0.3) is 10.0 Å². The SMILES string of the molecule is COc1ccc(Cl)cc1N(CC(=O)Nc1ccc(OC(F)(F)F)cc1)S(=O)(=O)c1ccccc1. The van der Waals surface area contributed by atoms with Gasteiger partial charge in [-0.05, 0) is 54.6 Å². The van der Waals surface area contributed by atoms with Crippen LogP contribution < -0.4 is 19.1 Å². The Kier molecular flexibility index (Phi) is 7.57. The van der Waals surface area contributed by atoms with Gasteiger partial charge in [-0.3, -0.25) is 9.10 Å². The molecule has 0 aromatic heterocycles. The Morgan fingerprint density at radius 3 is 2.26 bits per heavy atom. The number of nitrogens with zero attached hydrogens (tertiary/aromatic N) is 1. The van der Waals surface area contributed by atoms with Crippen molar-refractivity contribution in [3.63, 3.8) is 0 Å². The molecule has 0 fully saturated rings. The minimum Gasteiger partial charge on any atom is -0.495 e. The highest BCUT2D eigenvalue weighted by atomic mass is 35.5. The molecule has 0 saturated heterocycles. The first kappa shape index (κ1) is 25.2. The highest BCUT2D eigenvalue weighted by Crippen LogP contribution is 2.35. The van der Waals surface area contributed by atoms with E-state index in [4.69, 9.17) is 16.3 Å². The number of carbonyl (C=O) groups is 1. The van der Waals surface area contributed by atoms with E-state index in [9.17, 15) is 26.4 Å². The van der Waals surface area contributed by atoms with Gasteiger partial charge in [0.05, 0.1) is 17.7 Å². The fourth-order valence-corrected chi connectivity index (χ4v) is 4.56. The zero-order chi connectivity index (χ0) is 24.9. The van der Waals surface area contributed by atoms with E-state index in [-0.39, 0.29) is 27.0 Å². The zero-order valence-electron chi connectivity index (χ0n) is 17.5. The van der Waals surface area contributed by atoms with E-state index in [1.54, 1.807) is 6.07 Å². The van der Waals surface area contributed by atoms with E-state index in [1.165, 1.54) is 61.7 Å². The lowest BCUT2D eigenvalue weighted by molar-refractivity contribution is -0.274. The van der Waals surface area contributed by atoms with Gasteiger partial charge >= 0.3 is 6.36 Å². The van der Waals surface area contributed by atoms with Crippen molar-refractivity contribution in [3.8, 4) is 11.5 Å². The van der Waals surface area contributed by atoms with Gasteiger partial charge < -0.3 is 14.8 Å². The molecule has 0 aliphatic carbocycles. The third-order valence-electron chi connectivity index (χ3n) is 4.40. The second-order valence-corrected chi connectivity index (χ2v) is 9.06. The lowest BCUT2D eigenvalue weighted by Gasteiger charge is -2.26. The predicted octanol–water partition coefficient (Wildman–Crippen LogP) is 5.08. The van der Waals surface area contributed by atoms with Crippen LogP contribution in [0.25, 0.3) is 0 Å². The average molecular weight is 515 g/mol. The maximum atomic E-state index is 13.4. The van der Waals surface area contributed by atoms with Crippen LogP contribution in [0.15, 0.2) is 77.7 Å². The third-order valence-corrected chi connectivity index (χ3v) is 6.41. The molecule has 3 rings (SSSR count). The fraction of sp³-hybridized carbons (Fsp3) is 0.136. The van der Waals surface area contributed by atoms with Crippen molar-refractivity contribution < 1.29 is 35.9 Å². The van der Waals surface area contributed by atoms with Crippen molar-refractivity contribution in [1.82, 2.24) is 0 Å². The maximum absolute atomic E-state index is 13.4. The molecule has 0 aliphatic rings. The smallest absolute Gasteiger partial charge is 0.495 e. The summed E-state index contributed by atoms with van der Waals surface area (Å²) in [6.45, 7) is -0.672. The molecular formula is C22H18ClF3N2O5S. The Bertz CT molecular complexity index is 1250. The van der Waals surface area contributed by atoms with Gasteiger partial charge in [-0.1, -0.05) is 29.8 Å². The topological polar surface area (TPSA) is 84.9 Å². The van der Waals surface area contributed by atoms with Crippen LogP contribution in [0.5, 0.6) is 11.5 Å². The molecule has 0 radical (unpaired) electrons. The van der Waals surface area contributed by atoms with Crippen molar-refractivity contribution in [2.75, 3.05) is 23.3 Å². The molecule has 1 N–H and O–H groups in total. The highest BCUT2D eigenvalue weighted by molar-refractivity contribution is 7.92. The summed E-state index contributed by atoms with van der Waals surface area (Å²) in [6, 6.07) is 16.2. The molecule has 3 aromatic carbocycles. The quantitative estimate of drug-likeness (QED) is 0.453. The molecule has 7 nitrogen and oxygen atoms in total. The number of rotatable bonds is 8. The van der Waals surface area contributed by atoms with E-state index >= 15 is 0 Å². The Morgan fingerprint density at radius 2 is 1.68 bits per heavy atom. The van der Waals surface area contributed by atoms with Crippen molar-refractivity contribution in [2.24, 2.45) is 0 Å². The summed E-state index contributed by atoms with van der Waals surface area (Å²) in [4.78, 5) is 12.7. The lowest BCUT2D eigenvalue weighted by Crippen LogP contribution is -2.38. The Balaban J connectivity index is 1.91.